The molecular formula is C16H26. The van der Waals surface area contributed by atoms with Crippen molar-refractivity contribution in [3.05, 3.63) is 35.4 Å². The Kier molecular flexibility index (Phi) is 3.52. The maximum Gasteiger partial charge on any atom is -0.00776 e. The molecule has 0 heteroatoms. The Morgan fingerprint density at radius 2 is 1.25 bits per heavy atom. The number of benzene rings is 1. The van der Waals surface area contributed by atoms with Gasteiger partial charge < -0.3 is 0 Å². The second-order valence-electron chi connectivity index (χ2n) is 6.67. The predicted molar refractivity (Wildman–Crippen MR) is 73.0 cm³/mol. The van der Waals surface area contributed by atoms with Crippen LogP contribution in [0.15, 0.2) is 24.3 Å². The van der Waals surface area contributed by atoms with Crippen molar-refractivity contribution in [1.82, 2.24) is 0 Å². The molecule has 0 aliphatic heterocycles. The molecule has 0 radical (unpaired) electrons. The summed E-state index contributed by atoms with van der Waals surface area (Å²) in [5.41, 5.74) is 3.44. The number of rotatable bonds is 2. The number of hydrogen-bond donors (Lipinski definition) is 0. The maximum absolute atomic E-state index is 2.35. The molecule has 0 spiro atoms. The van der Waals surface area contributed by atoms with Crippen LogP contribution in [0, 0.1) is 5.92 Å². The van der Waals surface area contributed by atoms with E-state index in [9.17, 15) is 0 Å². The van der Waals surface area contributed by atoms with E-state index in [4.69, 9.17) is 0 Å². The Bertz CT molecular complexity index is 351. The lowest BCUT2D eigenvalue weighted by Crippen LogP contribution is -2.29. The molecule has 0 N–H and O–H groups in total. The van der Waals surface area contributed by atoms with Crippen LogP contribution in [0.3, 0.4) is 0 Å². The summed E-state index contributed by atoms with van der Waals surface area (Å²) in [6.45, 7) is 16.2. The van der Waals surface area contributed by atoms with E-state index < -0.39 is 0 Å². The molecule has 1 aromatic rings. The molecule has 0 unspecified atom stereocenters. The molecule has 0 aromatic heterocycles. The zero-order valence-electron chi connectivity index (χ0n) is 11.9. The van der Waals surface area contributed by atoms with Crippen LogP contribution in [0.1, 0.15) is 59.6 Å². The highest BCUT2D eigenvalue weighted by atomic mass is 14.3. The lowest BCUT2D eigenvalue weighted by Gasteiger charge is -2.35. The van der Waals surface area contributed by atoms with Crippen LogP contribution >= 0.6 is 0 Å². The van der Waals surface area contributed by atoms with Crippen molar-refractivity contribution in [1.29, 1.82) is 0 Å². The zero-order chi connectivity index (χ0) is 12.6. The van der Waals surface area contributed by atoms with Gasteiger partial charge in [-0.15, -0.1) is 0 Å². The van der Waals surface area contributed by atoms with Crippen LogP contribution < -0.4 is 0 Å². The highest BCUT2D eigenvalue weighted by molar-refractivity contribution is 5.38. The Balaban J connectivity index is 3.35. The van der Waals surface area contributed by atoms with Crippen LogP contribution in [-0.4, -0.2) is 0 Å². The lowest BCUT2D eigenvalue weighted by molar-refractivity contribution is 0.363. The van der Waals surface area contributed by atoms with Crippen molar-refractivity contribution < 1.29 is 0 Å². The van der Waals surface area contributed by atoms with Crippen molar-refractivity contribution in [2.45, 2.75) is 59.3 Å². The van der Waals surface area contributed by atoms with Crippen molar-refractivity contribution in [2.24, 2.45) is 5.92 Å². The van der Waals surface area contributed by atoms with Crippen molar-refractivity contribution in [2.75, 3.05) is 0 Å². The molecule has 0 aliphatic rings. The quantitative estimate of drug-likeness (QED) is 0.661. The molecule has 0 bridgehead atoms. The lowest BCUT2D eigenvalue weighted by atomic mass is 9.69. The van der Waals surface area contributed by atoms with Gasteiger partial charge in [-0.3, -0.25) is 0 Å². The van der Waals surface area contributed by atoms with Gasteiger partial charge in [0.1, 0.15) is 0 Å². The van der Waals surface area contributed by atoms with E-state index in [0.29, 0.717) is 5.92 Å². The number of hydrogen-bond acceptors (Lipinski definition) is 0. The first-order valence-corrected chi connectivity index (χ1v) is 6.27. The minimum Gasteiger partial charge on any atom is -0.0620 e. The summed E-state index contributed by atoms with van der Waals surface area (Å²) in [6.07, 6.45) is 0. The van der Waals surface area contributed by atoms with Gasteiger partial charge in [-0.1, -0.05) is 72.7 Å². The van der Waals surface area contributed by atoms with Crippen LogP contribution in [0.25, 0.3) is 0 Å². The average molecular weight is 218 g/mol. The van der Waals surface area contributed by atoms with Gasteiger partial charge in [0, 0.05) is 0 Å². The summed E-state index contributed by atoms with van der Waals surface area (Å²) in [5, 5.41) is 0. The Hall–Kier alpha value is -0.780. The van der Waals surface area contributed by atoms with Gasteiger partial charge in [-0.05, 0) is 27.9 Å². The molecule has 1 rings (SSSR count). The fourth-order valence-electron chi connectivity index (χ4n) is 2.01. The maximum atomic E-state index is 2.35. The Morgan fingerprint density at radius 3 is 1.62 bits per heavy atom. The second-order valence-corrected chi connectivity index (χ2v) is 6.67. The molecule has 0 heterocycles. The molecule has 0 nitrogen and oxygen atoms in total. The zero-order valence-corrected chi connectivity index (χ0v) is 11.9. The van der Waals surface area contributed by atoms with Crippen LogP contribution in [0.2, 0.25) is 0 Å². The van der Waals surface area contributed by atoms with E-state index >= 15 is 0 Å². The van der Waals surface area contributed by atoms with Crippen molar-refractivity contribution >= 4 is 0 Å². The summed E-state index contributed by atoms with van der Waals surface area (Å²) >= 11 is 0. The van der Waals surface area contributed by atoms with Crippen LogP contribution in [0.5, 0.6) is 0 Å². The smallest absolute Gasteiger partial charge is 0.00776 e. The van der Waals surface area contributed by atoms with Gasteiger partial charge in [-0.25, -0.2) is 0 Å². The third-order valence-corrected chi connectivity index (χ3v) is 3.87. The van der Waals surface area contributed by atoms with Gasteiger partial charge in [0.15, 0.2) is 0 Å². The first-order valence-electron chi connectivity index (χ1n) is 6.27. The predicted octanol–water partition coefficient (Wildman–Crippen LogP) is 4.92. The molecule has 0 aliphatic carbocycles. The molecule has 16 heavy (non-hydrogen) atoms. The SMILES string of the molecule is CC(C)C(C)(C)c1ccccc1C(C)(C)C. The van der Waals surface area contributed by atoms with E-state index in [1.807, 2.05) is 0 Å². The standard InChI is InChI=1S/C16H26/c1-12(2)16(6,7)14-11-9-8-10-13(14)15(3,4)5/h8-12H,1-7H3. The first kappa shape index (κ1) is 13.3. The molecule has 0 saturated carbocycles. The van der Waals surface area contributed by atoms with E-state index in [2.05, 4.69) is 72.7 Å². The third kappa shape index (κ3) is 2.48. The minimum absolute atomic E-state index is 0.225. The monoisotopic (exact) mass is 218 g/mol. The fraction of sp³-hybridized carbons (Fsp3) is 0.625. The van der Waals surface area contributed by atoms with Gasteiger partial charge in [0.2, 0.25) is 0 Å². The largest absolute Gasteiger partial charge is 0.0620 e. The molecule has 0 amide bonds. The van der Waals surface area contributed by atoms with Crippen molar-refractivity contribution in [3.8, 4) is 0 Å². The fourth-order valence-corrected chi connectivity index (χ4v) is 2.01. The molecule has 90 valence electrons. The highest BCUT2D eigenvalue weighted by Gasteiger charge is 2.30. The Labute approximate surface area is 101 Å². The highest BCUT2D eigenvalue weighted by Crippen LogP contribution is 2.37. The molecule has 0 saturated heterocycles. The third-order valence-electron chi connectivity index (χ3n) is 3.87. The van der Waals surface area contributed by atoms with E-state index in [1.165, 1.54) is 11.1 Å². The van der Waals surface area contributed by atoms with Gasteiger partial charge in [0.25, 0.3) is 0 Å². The minimum atomic E-state index is 0.225. The normalized spacial score (nSPS) is 13.2. The van der Waals surface area contributed by atoms with Crippen LogP contribution in [-0.2, 0) is 10.8 Å². The van der Waals surface area contributed by atoms with Crippen molar-refractivity contribution in [3.63, 3.8) is 0 Å². The van der Waals surface area contributed by atoms with E-state index in [1.54, 1.807) is 0 Å². The molecule has 0 atom stereocenters. The molecule has 1 aromatic carbocycles. The average Bonchev–Trinajstić information content (AvgIpc) is 2.16. The topological polar surface area (TPSA) is 0 Å². The van der Waals surface area contributed by atoms with Gasteiger partial charge in [-0.2, -0.15) is 0 Å². The van der Waals surface area contributed by atoms with Gasteiger partial charge >= 0.3 is 0 Å². The summed E-state index contributed by atoms with van der Waals surface area (Å²) in [6, 6.07) is 8.88. The Morgan fingerprint density at radius 1 is 0.812 bits per heavy atom. The molecular weight excluding hydrogens is 192 g/mol. The van der Waals surface area contributed by atoms with Crippen LogP contribution in [0.4, 0.5) is 0 Å². The van der Waals surface area contributed by atoms with Gasteiger partial charge in [0.05, 0.1) is 0 Å². The summed E-state index contributed by atoms with van der Waals surface area (Å²) in [5.74, 6) is 0.649. The summed E-state index contributed by atoms with van der Waals surface area (Å²) in [7, 11) is 0. The second kappa shape index (κ2) is 4.24. The van der Waals surface area contributed by atoms with E-state index in [0.717, 1.165) is 0 Å². The van der Waals surface area contributed by atoms with E-state index in [-0.39, 0.29) is 10.8 Å². The summed E-state index contributed by atoms with van der Waals surface area (Å²) < 4.78 is 0. The molecule has 0 fully saturated rings. The first-order chi connectivity index (χ1) is 7.17. The summed E-state index contributed by atoms with van der Waals surface area (Å²) in [4.78, 5) is 0.